The molecule has 17 rings (SSSR count). The molecule has 33 heteroatoms. The van der Waals surface area contributed by atoms with Crippen LogP contribution in [-0.4, -0.2) is 161 Å². The van der Waals surface area contributed by atoms with Gasteiger partial charge in [0.1, 0.15) is 57.1 Å². The van der Waals surface area contributed by atoms with Crippen LogP contribution in [0.2, 0.25) is 10.0 Å². The third-order valence-electron chi connectivity index (χ3n) is 24.1. The number of thioether (sulfide) groups is 4. The number of benzene rings is 4. The average Bonchev–Trinajstić information content (AvgIpc) is 1.57. The highest BCUT2D eigenvalue weighted by Gasteiger charge is 2.64. The van der Waals surface area contributed by atoms with Crippen LogP contribution >= 0.6 is 86.2 Å². The van der Waals surface area contributed by atoms with E-state index in [1.54, 1.807) is 77.8 Å². The number of nitrogens with zero attached hydrogens (tertiary/aromatic N) is 6. The summed E-state index contributed by atoms with van der Waals surface area (Å²) in [6.07, 6.45) is 5.41. The number of hydrogen-bond acceptors (Lipinski definition) is 21. The Kier molecular flexibility index (Phi) is 26.6. The molecule has 0 radical (unpaired) electrons. The highest BCUT2D eigenvalue weighted by Crippen LogP contribution is 2.52. The Bertz CT molecular complexity index is 4640. The van der Waals surface area contributed by atoms with E-state index in [0.29, 0.717) is 101 Å². The zero-order chi connectivity index (χ0) is 83.5. The Morgan fingerprint density at radius 1 is 0.431 bits per heavy atom. The molecule has 4 aromatic carbocycles. The van der Waals surface area contributed by atoms with E-state index in [0.717, 1.165) is 42.3 Å². The Labute approximate surface area is 711 Å². The van der Waals surface area contributed by atoms with E-state index < -0.39 is 72.0 Å². The van der Waals surface area contributed by atoms with Gasteiger partial charge in [0.15, 0.2) is 5.17 Å². The molecule has 2 N–H and O–H groups in total. The molecule has 2 aromatic heterocycles. The van der Waals surface area contributed by atoms with Crippen molar-refractivity contribution in [1.29, 1.82) is 0 Å². The predicted molar refractivity (Wildman–Crippen MR) is 462 cm³/mol. The Morgan fingerprint density at radius 2 is 0.750 bits per heavy atom. The number of aromatic nitrogens is 2. The summed E-state index contributed by atoms with van der Waals surface area (Å²) in [5, 5.41) is 4.17. The molecule has 13 heterocycles. The lowest BCUT2D eigenvalue weighted by atomic mass is 9.49. The molecule has 0 unspecified atom stereocenters. The first kappa shape index (κ1) is 88.8. The molecule has 0 saturated carbocycles. The highest BCUT2D eigenvalue weighted by molar-refractivity contribution is 9.10. The van der Waals surface area contributed by atoms with E-state index in [1.165, 1.54) is 78.8 Å². The molecule has 0 bridgehead atoms. The Hall–Kier alpha value is -5.03. The Morgan fingerprint density at radius 3 is 1.11 bits per heavy atom. The zero-order valence-electron chi connectivity index (χ0n) is 67.5. The van der Waals surface area contributed by atoms with Crippen LogP contribution in [0.15, 0.2) is 134 Å². The van der Waals surface area contributed by atoms with Gasteiger partial charge in [0, 0.05) is 85.8 Å². The second-order valence-electron chi connectivity index (χ2n) is 33.5. The molecule has 0 spiro atoms. The number of rotatable bonds is 10. The molecule has 0 amide bonds. The SMILES string of the molecule is CC1(C)OB(B2OC(C)(C)C(C)(C)O2)OC1(C)C.CC1=N[C@]2(c3cc(/C=C(\F)c4ccc(Cl)cn4)ccc3F)COC[C@@H]2CS1.CC1=N[C@]2(c3cc(B4OC(C)(C)C(C)(C)O4)ccc3F)COC[C@@H]2CS1.CC1=N[C@]2(c3cc(Br)ccc3F)COC[C@@H]2CS1.NC1=N[C@]2(c3cc(/C=C(\F)c4ccc(Cl)cn4)ccc3F)COC[C@@H]2CS1. The zero-order valence-corrected chi connectivity index (χ0v) is 73.8. The summed E-state index contributed by atoms with van der Waals surface area (Å²) in [5.41, 5.74) is 5.13. The van der Waals surface area contributed by atoms with Crippen molar-refractivity contribution in [2.75, 3.05) is 75.9 Å². The summed E-state index contributed by atoms with van der Waals surface area (Å²) >= 11 is 21.5. The van der Waals surface area contributed by atoms with Gasteiger partial charge in [0.25, 0.3) is 0 Å². The van der Waals surface area contributed by atoms with Crippen molar-refractivity contribution in [3.63, 3.8) is 0 Å². The van der Waals surface area contributed by atoms with Gasteiger partial charge >= 0.3 is 21.1 Å². The molecule has 7 fully saturated rings. The lowest BCUT2D eigenvalue weighted by Crippen LogP contribution is -2.41. The minimum atomic E-state index is -0.863. The van der Waals surface area contributed by atoms with Crippen LogP contribution in [0.3, 0.4) is 0 Å². The summed E-state index contributed by atoms with van der Waals surface area (Å²) in [7, 11) is -1.47. The molecule has 11 aliphatic rings. The summed E-state index contributed by atoms with van der Waals surface area (Å²) in [4.78, 5) is 26.8. The standard InChI is InChI=1S/C20H17ClF2N2OS.C19H25BFNO3S.C19H16ClF2N3OS.C13H13BrFNOS.C12H24B2O4/c1-12-25-20(11-26-9-14(20)10-27-12)16-6-13(2-4-17(16)22)7-18(23)19-5-3-15(21)8-24-19;1-12-22-19(11-23-9-13(19)10-26-12)15-8-14(6-7-16(15)21)20-24-17(2,3)18(4,5)25-20;20-13-2-4-17(24-7-13)16(22)6-11-1-3-15(21)14(5-11)19-10-26-8-12(19)9-27-18(23)25-19;1-8-16-13(7-17-5-9(13)6-18-8)11-4-10(14)2-3-12(11)15;1-9(2)10(3,4)16-13(15-9)14-17-11(5,6)12(7,8)18-14/h2-8,14H,9-11H2,1H3;6-8,13H,9-11H2,1-5H3;1-7,12H,8-10H2,(H2,23,25);2-4,9H,5-7H2,1H3;1-8H3/b18-7-;;16-6-;;/t14-,20-;13-,19-;12-,19-;9-,13-;/m1111./s1. The van der Waals surface area contributed by atoms with E-state index in [9.17, 15) is 26.3 Å². The first-order valence-electron chi connectivity index (χ1n) is 38.4. The van der Waals surface area contributed by atoms with Gasteiger partial charge in [-0.25, -0.2) is 31.3 Å². The van der Waals surface area contributed by atoms with Crippen molar-refractivity contribution in [2.24, 2.45) is 49.4 Å². The van der Waals surface area contributed by atoms with Gasteiger partial charge in [-0.15, -0.1) is 35.3 Å². The maximum Gasteiger partial charge on any atom is 0.494 e. The monoisotopic (exact) mass is 1770 g/mol. The number of nitrogens with two attached hydrogens (primary N) is 1. The number of ether oxygens (including phenoxy) is 4. The number of pyridine rings is 2. The number of aliphatic imine (C=N–C) groups is 4. The molecule has 618 valence electrons. The molecule has 8 atom stereocenters. The molecule has 7 saturated heterocycles. The number of fused-ring (bicyclic) bond motifs is 4. The fourth-order valence-corrected chi connectivity index (χ4v) is 20.1. The third kappa shape index (κ3) is 18.2. The molecule has 11 aliphatic heterocycles. The van der Waals surface area contributed by atoms with Crippen molar-refractivity contribution in [1.82, 2.24) is 9.97 Å². The molecule has 0 aliphatic carbocycles. The third-order valence-corrected chi connectivity index (χ3v) is 29.3. The van der Waals surface area contributed by atoms with Crippen LogP contribution in [0.25, 0.3) is 23.8 Å². The van der Waals surface area contributed by atoms with Crippen LogP contribution in [0.5, 0.6) is 0 Å². The van der Waals surface area contributed by atoms with Crippen LogP contribution in [0, 0.1) is 46.9 Å². The van der Waals surface area contributed by atoms with Gasteiger partial charge in [0.05, 0.1) is 123 Å². The van der Waals surface area contributed by atoms with Crippen LogP contribution in [-0.2, 0) is 69.0 Å². The van der Waals surface area contributed by atoms with E-state index in [4.69, 9.17) is 90.8 Å². The number of hydrogen-bond donors (Lipinski definition) is 1. The molecule has 116 heavy (non-hydrogen) atoms. The first-order valence-corrected chi connectivity index (χ1v) is 43.9. The summed E-state index contributed by atoms with van der Waals surface area (Å²) < 4.78 is 147. The van der Waals surface area contributed by atoms with Crippen LogP contribution < -0.4 is 11.2 Å². The quantitative estimate of drug-likeness (QED) is 0.100. The van der Waals surface area contributed by atoms with Crippen molar-refractivity contribution in [3.8, 4) is 0 Å². The molecular formula is C83H95B3BrCl2F6N7O10S4. The minimum Gasteiger partial charge on any atom is -0.405 e. The van der Waals surface area contributed by atoms with Gasteiger partial charge in [-0.3, -0.25) is 24.9 Å². The van der Waals surface area contributed by atoms with Gasteiger partial charge in [-0.05, 0) is 205 Å². The second kappa shape index (κ2) is 34.7. The topological polar surface area (TPSA) is 194 Å². The molecule has 6 aromatic rings. The second-order valence-corrected chi connectivity index (χ2v) is 40.0. The molecular weight excluding hydrogens is 1680 g/mol. The number of amidine groups is 1. The smallest absolute Gasteiger partial charge is 0.405 e. The summed E-state index contributed by atoms with van der Waals surface area (Å²) in [5.74, 6) is 1.69. The minimum absolute atomic E-state index is 0.0197. The van der Waals surface area contributed by atoms with Gasteiger partial charge in [-0.2, -0.15) is 0 Å². The van der Waals surface area contributed by atoms with E-state index in [-0.39, 0.29) is 81.5 Å². The van der Waals surface area contributed by atoms with E-state index >= 15 is 0 Å². The van der Waals surface area contributed by atoms with E-state index in [1.807, 2.05) is 116 Å². The fourth-order valence-electron chi connectivity index (χ4n) is 15.4. The average molecular weight is 1780 g/mol. The van der Waals surface area contributed by atoms with Gasteiger partial charge < -0.3 is 52.6 Å². The lowest BCUT2D eigenvalue weighted by molar-refractivity contribution is 0.00578. The van der Waals surface area contributed by atoms with Crippen LogP contribution in [0.1, 0.15) is 149 Å². The van der Waals surface area contributed by atoms with E-state index in [2.05, 4.69) is 30.9 Å². The largest absolute Gasteiger partial charge is 0.494 e. The van der Waals surface area contributed by atoms with Crippen molar-refractivity contribution < 1.29 is 73.2 Å². The highest BCUT2D eigenvalue weighted by atomic mass is 79.9. The number of halogens is 9. The normalized spacial score (nSPS) is 28.8. The predicted octanol–water partition coefficient (Wildman–Crippen LogP) is 18.6. The van der Waals surface area contributed by atoms with Crippen molar-refractivity contribution >= 4 is 157 Å². The fraction of sp³-hybridized carbons (Fsp3) is 0.494. The van der Waals surface area contributed by atoms with Crippen molar-refractivity contribution in [2.45, 2.75) is 160 Å². The van der Waals surface area contributed by atoms with Crippen LogP contribution in [0.4, 0.5) is 26.3 Å². The first-order chi connectivity index (χ1) is 54.6. The van der Waals surface area contributed by atoms with Gasteiger partial charge in [0.2, 0.25) is 0 Å². The summed E-state index contributed by atoms with van der Waals surface area (Å²) in [6, 6.07) is 25.3. The molecule has 17 nitrogen and oxygen atoms in total. The lowest BCUT2D eigenvalue weighted by Gasteiger charge is -2.34. The maximum absolute atomic E-state index is 14.9. The maximum atomic E-state index is 14.9. The van der Waals surface area contributed by atoms with Crippen molar-refractivity contribution in [3.05, 3.63) is 192 Å². The van der Waals surface area contributed by atoms with Gasteiger partial charge in [-0.1, -0.05) is 75.2 Å². The summed E-state index contributed by atoms with van der Waals surface area (Å²) in [6.45, 7) is 34.0. The Balaban J connectivity index is 0.000000127.